The van der Waals surface area contributed by atoms with Crippen molar-refractivity contribution < 1.29 is 9.53 Å². The monoisotopic (exact) mass is 367 g/mol. The minimum Gasteiger partial charge on any atom is -0.460 e. The number of aryl methyl sites for hydroxylation is 1. The van der Waals surface area contributed by atoms with Crippen LogP contribution < -0.4 is 10.6 Å². The van der Waals surface area contributed by atoms with Crippen molar-refractivity contribution in [3.63, 3.8) is 0 Å². The molecule has 1 aromatic rings. The van der Waals surface area contributed by atoms with Crippen LogP contribution in [0.25, 0.3) is 0 Å². The summed E-state index contributed by atoms with van der Waals surface area (Å²) in [6.45, 7) is 9.52. The van der Waals surface area contributed by atoms with Gasteiger partial charge in [-0.15, -0.1) is 11.3 Å². The number of aliphatic imine (C=N–C) groups is 1. The second-order valence-corrected chi connectivity index (χ2v) is 8.13. The highest BCUT2D eigenvalue weighted by Gasteiger charge is 2.15. The first-order valence-corrected chi connectivity index (χ1v) is 9.89. The number of thiophene rings is 1. The molecule has 1 heterocycles. The lowest BCUT2D eigenvalue weighted by atomic mass is 10.1. The summed E-state index contributed by atoms with van der Waals surface area (Å²) in [6.07, 6.45) is 4.60. The molecule has 0 spiro atoms. The second-order valence-electron chi connectivity index (χ2n) is 7.13. The zero-order valence-electron chi connectivity index (χ0n) is 16.3. The van der Waals surface area contributed by atoms with Gasteiger partial charge < -0.3 is 15.4 Å². The highest BCUT2D eigenvalue weighted by molar-refractivity contribution is 7.10. The molecule has 2 N–H and O–H groups in total. The van der Waals surface area contributed by atoms with Crippen LogP contribution in [0.5, 0.6) is 0 Å². The van der Waals surface area contributed by atoms with Gasteiger partial charge in [-0.05, 0) is 57.5 Å². The Balaban J connectivity index is 2.06. The number of esters is 1. The Bertz CT molecular complexity index is 547. The second kappa shape index (κ2) is 11.1. The third-order valence-electron chi connectivity index (χ3n) is 3.63. The Morgan fingerprint density at radius 3 is 2.52 bits per heavy atom. The molecule has 0 aliphatic rings. The molecule has 0 aromatic carbocycles. The molecule has 25 heavy (non-hydrogen) atoms. The topological polar surface area (TPSA) is 62.7 Å². The highest BCUT2D eigenvalue weighted by atomic mass is 32.1. The molecule has 0 saturated heterocycles. The first-order valence-electron chi connectivity index (χ1n) is 9.01. The maximum Gasteiger partial charge on any atom is 0.306 e. The summed E-state index contributed by atoms with van der Waals surface area (Å²) in [5.74, 6) is 0.737. The predicted molar refractivity (Wildman–Crippen MR) is 106 cm³/mol. The van der Waals surface area contributed by atoms with Gasteiger partial charge in [0.05, 0.1) is 6.54 Å². The molecule has 6 heteroatoms. The van der Waals surface area contributed by atoms with E-state index in [1.54, 1.807) is 18.4 Å². The van der Waals surface area contributed by atoms with Crippen molar-refractivity contribution in [3.8, 4) is 0 Å². The predicted octanol–water partition coefficient (Wildman–Crippen LogP) is 4.01. The van der Waals surface area contributed by atoms with Crippen molar-refractivity contribution in [1.29, 1.82) is 0 Å². The van der Waals surface area contributed by atoms with E-state index in [1.165, 1.54) is 10.4 Å². The van der Waals surface area contributed by atoms with Gasteiger partial charge in [-0.3, -0.25) is 9.79 Å². The molecule has 0 saturated carbocycles. The number of nitrogens with zero attached hydrogens (tertiary/aromatic N) is 1. The minimum absolute atomic E-state index is 0.0981. The number of unbranched alkanes of at least 4 members (excludes halogenated alkanes) is 3. The van der Waals surface area contributed by atoms with E-state index in [4.69, 9.17) is 4.74 Å². The average Bonchev–Trinajstić information content (AvgIpc) is 2.92. The molecule has 0 aliphatic carbocycles. The standard InChI is InChI=1S/C19H33N3O2S/c1-15-11-13-25-16(15)14-22-18(20-5)21-12-9-7-6-8-10-17(23)24-19(2,3)4/h11,13H,6-10,12,14H2,1-5H3,(H2,20,21,22). The van der Waals surface area contributed by atoms with Crippen LogP contribution in [0.2, 0.25) is 0 Å². The van der Waals surface area contributed by atoms with Crippen molar-refractivity contribution in [2.75, 3.05) is 13.6 Å². The SMILES string of the molecule is CN=C(NCCCCCCC(=O)OC(C)(C)C)NCc1sccc1C. The van der Waals surface area contributed by atoms with Crippen LogP contribution in [0.1, 0.15) is 63.3 Å². The first-order chi connectivity index (χ1) is 11.8. The number of ether oxygens (including phenoxy) is 1. The van der Waals surface area contributed by atoms with Crippen molar-refractivity contribution in [2.45, 2.75) is 71.9 Å². The minimum atomic E-state index is -0.383. The summed E-state index contributed by atoms with van der Waals surface area (Å²) in [5.41, 5.74) is 0.934. The van der Waals surface area contributed by atoms with Gasteiger partial charge in [-0.1, -0.05) is 12.8 Å². The third-order valence-corrected chi connectivity index (χ3v) is 4.65. The largest absolute Gasteiger partial charge is 0.460 e. The van der Waals surface area contributed by atoms with Crippen LogP contribution in [0.15, 0.2) is 16.4 Å². The van der Waals surface area contributed by atoms with Gasteiger partial charge in [0.25, 0.3) is 0 Å². The molecular formula is C19H33N3O2S. The summed E-state index contributed by atoms with van der Waals surface area (Å²) >= 11 is 1.76. The number of carbonyl (C=O) groups is 1. The van der Waals surface area contributed by atoms with E-state index < -0.39 is 0 Å². The third kappa shape index (κ3) is 10.1. The molecular weight excluding hydrogens is 334 g/mol. The van der Waals surface area contributed by atoms with E-state index in [2.05, 4.69) is 34.0 Å². The smallest absolute Gasteiger partial charge is 0.306 e. The zero-order chi connectivity index (χ0) is 18.7. The zero-order valence-corrected chi connectivity index (χ0v) is 17.1. The molecule has 5 nitrogen and oxygen atoms in total. The summed E-state index contributed by atoms with van der Waals surface area (Å²) in [4.78, 5) is 17.2. The fraction of sp³-hybridized carbons (Fsp3) is 0.684. The van der Waals surface area contributed by atoms with Gasteiger partial charge >= 0.3 is 5.97 Å². The number of nitrogens with one attached hydrogen (secondary N) is 2. The van der Waals surface area contributed by atoms with Crippen LogP contribution in [-0.2, 0) is 16.1 Å². The summed E-state index contributed by atoms with van der Waals surface area (Å²) in [5, 5.41) is 8.78. The van der Waals surface area contributed by atoms with Gasteiger partial charge in [-0.2, -0.15) is 0 Å². The van der Waals surface area contributed by atoms with E-state index in [0.29, 0.717) is 6.42 Å². The van der Waals surface area contributed by atoms with Gasteiger partial charge in [-0.25, -0.2) is 0 Å². The number of hydrogen-bond acceptors (Lipinski definition) is 4. The van der Waals surface area contributed by atoms with Gasteiger partial charge in [0.1, 0.15) is 5.60 Å². The van der Waals surface area contributed by atoms with Gasteiger partial charge in [0, 0.05) is 24.9 Å². The maximum absolute atomic E-state index is 11.6. The molecule has 0 amide bonds. The normalized spacial score (nSPS) is 12.1. The number of rotatable bonds is 9. The van der Waals surface area contributed by atoms with E-state index in [-0.39, 0.29) is 11.6 Å². The Kier molecular flexibility index (Phi) is 9.57. The Labute approximate surface area is 156 Å². The van der Waals surface area contributed by atoms with E-state index in [1.807, 2.05) is 20.8 Å². The van der Waals surface area contributed by atoms with Crippen LogP contribution in [0.3, 0.4) is 0 Å². The lowest BCUT2D eigenvalue weighted by Gasteiger charge is -2.19. The van der Waals surface area contributed by atoms with Crippen molar-refractivity contribution in [1.82, 2.24) is 10.6 Å². The fourth-order valence-electron chi connectivity index (χ4n) is 2.32. The Morgan fingerprint density at radius 1 is 1.20 bits per heavy atom. The van der Waals surface area contributed by atoms with E-state index >= 15 is 0 Å². The quantitative estimate of drug-likeness (QED) is 0.300. The molecule has 0 radical (unpaired) electrons. The molecule has 0 atom stereocenters. The number of hydrogen-bond donors (Lipinski definition) is 2. The molecule has 142 valence electrons. The molecule has 0 bridgehead atoms. The molecule has 1 aromatic heterocycles. The number of carbonyl (C=O) groups excluding carboxylic acids is 1. The van der Waals surface area contributed by atoms with Crippen LogP contribution in [0, 0.1) is 6.92 Å². The van der Waals surface area contributed by atoms with Gasteiger partial charge in [0.2, 0.25) is 0 Å². The lowest BCUT2D eigenvalue weighted by molar-refractivity contribution is -0.154. The molecule has 1 rings (SSSR count). The van der Waals surface area contributed by atoms with Crippen molar-refractivity contribution >= 4 is 23.3 Å². The Hall–Kier alpha value is -1.56. The lowest BCUT2D eigenvalue weighted by Crippen LogP contribution is -2.37. The van der Waals surface area contributed by atoms with E-state index in [9.17, 15) is 4.79 Å². The average molecular weight is 368 g/mol. The highest BCUT2D eigenvalue weighted by Crippen LogP contribution is 2.14. The molecule has 0 unspecified atom stereocenters. The van der Waals surface area contributed by atoms with Crippen molar-refractivity contribution in [2.24, 2.45) is 4.99 Å². The maximum atomic E-state index is 11.6. The molecule has 0 aliphatic heterocycles. The summed E-state index contributed by atoms with van der Waals surface area (Å²) < 4.78 is 5.30. The fourth-order valence-corrected chi connectivity index (χ4v) is 3.16. The van der Waals surface area contributed by atoms with Crippen LogP contribution in [-0.4, -0.2) is 31.1 Å². The van der Waals surface area contributed by atoms with E-state index in [0.717, 1.165) is 44.7 Å². The van der Waals surface area contributed by atoms with Gasteiger partial charge in [0.15, 0.2) is 5.96 Å². The van der Waals surface area contributed by atoms with Crippen LogP contribution in [0.4, 0.5) is 0 Å². The summed E-state index contributed by atoms with van der Waals surface area (Å²) in [6, 6.07) is 2.13. The van der Waals surface area contributed by atoms with Crippen LogP contribution >= 0.6 is 11.3 Å². The molecule has 0 fully saturated rings. The first kappa shape index (κ1) is 21.5. The number of guanidine groups is 1. The van der Waals surface area contributed by atoms with Crippen molar-refractivity contribution in [3.05, 3.63) is 21.9 Å². The Morgan fingerprint density at radius 2 is 1.92 bits per heavy atom. The summed E-state index contributed by atoms with van der Waals surface area (Å²) in [7, 11) is 1.79.